The number of carbonyl (C=O) groups is 1. The van der Waals surface area contributed by atoms with Crippen LogP contribution in [0.15, 0.2) is 144 Å². The van der Waals surface area contributed by atoms with E-state index in [0.29, 0.717) is 37.4 Å². The van der Waals surface area contributed by atoms with E-state index in [1.54, 1.807) is 0 Å². The highest BCUT2D eigenvalue weighted by molar-refractivity contribution is 6.24. The molecule has 0 bridgehead atoms. The van der Waals surface area contributed by atoms with Crippen molar-refractivity contribution in [1.82, 2.24) is 0 Å². The average Bonchev–Trinajstić information content (AvgIpc) is 4.14. The summed E-state index contributed by atoms with van der Waals surface area (Å²) < 4.78 is 14.9. The number of aliphatic hydroxyl groups excluding tert-OH is 1. The lowest BCUT2D eigenvalue weighted by atomic mass is 9.73. The van der Waals surface area contributed by atoms with Crippen LogP contribution in [-0.2, 0) is 15.6 Å². The van der Waals surface area contributed by atoms with E-state index < -0.39 is 0 Å². The van der Waals surface area contributed by atoms with Gasteiger partial charge in [-0.1, -0.05) is 163 Å². The van der Waals surface area contributed by atoms with Gasteiger partial charge in [-0.3, -0.25) is 4.79 Å². The fourth-order valence-corrected chi connectivity index (χ4v) is 11.9. The first kappa shape index (κ1) is 43.9. The predicted molar refractivity (Wildman–Crippen MR) is 260 cm³/mol. The molecule has 2 atom stereocenters. The third-order valence-corrected chi connectivity index (χ3v) is 15.5. The maximum atomic E-state index is 14.7. The molecule has 4 aromatic rings. The van der Waals surface area contributed by atoms with Crippen LogP contribution in [0.25, 0.3) is 0 Å². The molecule has 2 saturated carbocycles. The molecule has 1 N–H and O–H groups in total. The first-order valence-electron chi connectivity index (χ1n) is 24.7. The molecule has 3 aliphatic carbocycles. The van der Waals surface area contributed by atoms with E-state index in [1.807, 2.05) is 72.8 Å². The second-order valence-corrected chi connectivity index (χ2v) is 19.7. The Kier molecular flexibility index (Phi) is 13.6. The third-order valence-electron chi connectivity index (χ3n) is 15.5. The molecule has 0 saturated heterocycles. The number of fused-ring (bicyclic) bond motifs is 2. The van der Waals surface area contributed by atoms with E-state index in [1.165, 1.54) is 88.2 Å². The fraction of sp³-hybridized carbons (Fsp3) is 0.448. The first-order chi connectivity index (χ1) is 31.3. The fourth-order valence-electron chi connectivity index (χ4n) is 11.9. The highest BCUT2D eigenvalue weighted by atomic mass is 16.5. The Morgan fingerprint density at radius 1 is 0.656 bits per heavy atom. The summed E-state index contributed by atoms with van der Waals surface area (Å²) in [5.74, 6) is 3.39. The minimum atomic E-state index is -0.333. The van der Waals surface area contributed by atoms with E-state index in [0.717, 1.165) is 71.8 Å². The zero-order valence-corrected chi connectivity index (χ0v) is 38.4. The smallest absolute Gasteiger partial charge is 0.209 e. The molecule has 2 aliphatic heterocycles. The lowest BCUT2D eigenvalue weighted by molar-refractivity contribution is -0.440. The Morgan fingerprint density at radius 2 is 1.20 bits per heavy atom. The van der Waals surface area contributed by atoms with Crippen LogP contribution < -0.4 is 14.4 Å². The van der Waals surface area contributed by atoms with Crippen LogP contribution in [0, 0.1) is 11.8 Å². The number of nitrogens with zero attached hydrogens (tertiary/aromatic N) is 2. The van der Waals surface area contributed by atoms with Crippen molar-refractivity contribution in [3.8, 4) is 11.5 Å². The van der Waals surface area contributed by atoms with Crippen LogP contribution in [0.4, 0.5) is 11.4 Å². The quantitative estimate of drug-likeness (QED) is 0.0545. The number of rotatable bonds is 20. The monoisotopic (exact) mass is 858 g/mol. The zero-order valence-electron chi connectivity index (χ0n) is 38.4. The topological polar surface area (TPSA) is 62.0 Å². The van der Waals surface area contributed by atoms with E-state index in [-0.39, 0.29) is 22.4 Å². The first-order valence-corrected chi connectivity index (χ1v) is 24.7. The van der Waals surface area contributed by atoms with Crippen molar-refractivity contribution < 1.29 is 24.0 Å². The Labute approximate surface area is 382 Å². The van der Waals surface area contributed by atoms with Gasteiger partial charge in [-0.2, -0.15) is 4.58 Å². The van der Waals surface area contributed by atoms with Gasteiger partial charge in [-0.05, 0) is 80.5 Å². The Bertz CT molecular complexity index is 2380. The molecular weight excluding hydrogens is 789 g/mol. The van der Waals surface area contributed by atoms with Crippen LogP contribution in [0.2, 0.25) is 0 Å². The molecule has 0 spiro atoms. The van der Waals surface area contributed by atoms with E-state index >= 15 is 0 Å². The van der Waals surface area contributed by atoms with Crippen molar-refractivity contribution >= 4 is 22.9 Å². The lowest BCUT2D eigenvalue weighted by Crippen LogP contribution is -2.35. The number of hydrogen-bond acceptors (Lipinski definition) is 5. The molecule has 0 aromatic heterocycles. The number of ether oxygens (including phenoxy) is 2. The summed E-state index contributed by atoms with van der Waals surface area (Å²) in [6.45, 7) is 6.91. The Morgan fingerprint density at radius 3 is 1.83 bits per heavy atom. The SMILES string of the molecule is CC1(CCCCC2CCCC2)C(/C=C2/C(=O)C(/C=C3\N(CCOc4ccccc4)c4ccccc4C3(C)CCCCC3CCCC3)=C2O)=[N+](CCOc2ccccc2)c2ccccc21. The Hall–Kier alpha value is -5.36. The summed E-state index contributed by atoms with van der Waals surface area (Å²) in [6, 6.07) is 37.4. The minimum Gasteiger partial charge on any atom is -0.506 e. The maximum Gasteiger partial charge on any atom is 0.209 e. The summed E-state index contributed by atoms with van der Waals surface area (Å²) in [5.41, 5.74) is 7.12. The largest absolute Gasteiger partial charge is 0.506 e. The molecule has 6 heteroatoms. The van der Waals surface area contributed by atoms with Crippen LogP contribution in [0.5, 0.6) is 11.5 Å². The summed E-state index contributed by atoms with van der Waals surface area (Å²) >= 11 is 0. The van der Waals surface area contributed by atoms with Gasteiger partial charge in [0.1, 0.15) is 30.5 Å². The van der Waals surface area contributed by atoms with E-state index in [9.17, 15) is 9.90 Å². The van der Waals surface area contributed by atoms with Gasteiger partial charge in [0, 0.05) is 34.5 Å². The van der Waals surface area contributed by atoms with Crippen molar-refractivity contribution in [2.75, 3.05) is 31.2 Å². The number of Topliss-reactive ketones (excluding diaryl/α,β-unsaturated/α-hetero) is 1. The lowest BCUT2D eigenvalue weighted by Gasteiger charge is -2.32. The van der Waals surface area contributed by atoms with Crippen LogP contribution in [-0.4, -0.2) is 47.5 Å². The Balaban J connectivity index is 1.05. The minimum absolute atomic E-state index is 0.0880. The second kappa shape index (κ2) is 19.8. The number of unbranched alkanes of at least 4 members (excludes halogenated alkanes) is 2. The number of aliphatic hydroxyl groups is 1. The van der Waals surface area contributed by atoms with Crippen molar-refractivity contribution in [2.24, 2.45) is 11.8 Å². The zero-order chi connectivity index (χ0) is 43.9. The maximum absolute atomic E-state index is 14.7. The molecular formula is C58H69N2O4+. The van der Waals surface area contributed by atoms with Crippen molar-refractivity contribution in [3.05, 3.63) is 155 Å². The molecule has 6 nitrogen and oxygen atoms in total. The number of benzene rings is 4. The van der Waals surface area contributed by atoms with Crippen LogP contribution in [0.1, 0.15) is 128 Å². The number of hydrogen-bond donors (Lipinski definition) is 1. The molecule has 4 aromatic carbocycles. The highest BCUT2D eigenvalue weighted by Crippen LogP contribution is 2.52. The summed E-state index contributed by atoms with van der Waals surface area (Å²) in [4.78, 5) is 17.1. The van der Waals surface area contributed by atoms with Gasteiger partial charge in [-0.25, -0.2) is 0 Å². The normalized spacial score (nSPS) is 23.4. The van der Waals surface area contributed by atoms with Crippen LogP contribution >= 0.6 is 0 Å². The van der Waals surface area contributed by atoms with Gasteiger partial charge in [0.2, 0.25) is 11.5 Å². The van der Waals surface area contributed by atoms with Gasteiger partial charge >= 0.3 is 0 Å². The van der Waals surface area contributed by atoms with Crippen molar-refractivity contribution in [3.63, 3.8) is 0 Å². The standard InChI is InChI=1S/C58H68N2O4/c1-57(35-19-17-25-43-21-9-10-22-43)49-31-13-15-33-51(49)59(37-39-63-45-27-5-3-6-28-45)53(57)41-47-55(61)48(56(47)62)42-54-58(2,36-20-18-26-44-23-11-12-24-44)50-32-14-16-34-52(50)60(54)38-40-64-46-29-7-4-8-30-46/h3-8,13-16,27-34,41-44H,9-12,17-26,35-40H2,1-2H3/p+1. The van der Waals surface area contributed by atoms with Crippen molar-refractivity contribution in [1.29, 1.82) is 0 Å². The average molecular weight is 858 g/mol. The number of para-hydroxylation sites is 4. The van der Waals surface area contributed by atoms with Gasteiger partial charge in [0.15, 0.2) is 12.3 Å². The van der Waals surface area contributed by atoms with E-state index in [4.69, 9.17) is 9.47 Å². The summed E-state index contributed by atoms with van der Waals surface area (Å²) in [5, 5.41) is 12.2. The van der Waals surface area contributed by atoms with Crippen LogP contribution in [0.3, 0.4) is 0 Å². The van der Waals surface area contributed by atoms with Gasteiger partial charge < -0.3 is 19.5 Å². The number of ketones is 1. The summed E-state index contributed by atoms with van der Waals surface area (Å²) in [6.07, 6.45) is 24.2. The number of allylic oxidation sites excluding steroid dienone is 5. The molecule has 64 heavy (non-hydrogen) atoms. The van der Waals surface area contributed by atoms with Gasteiger partial charge in [-0.15, -0.1) is 0 Å². The molecule has 5 aliphatic rings. The van der Waals surface area contributed by atoms with Gasteiger partial charge in [0.05, 0.1) is 23.1 Å². The molecule has 2 heterocycles. The molecule has 0 amide bonds. The summed E-state index contributed by atoms with van der Waals surface area (Å²) in [7, 11) is 0. The third kappa shape index (κ3) is 9.12. The van der Waals surface area contributed by atoms with Gasteiger partial charge in [0.25, 0.3) is 0 Å². The molecule has 0 radical (unpaired) electrons. The molecule has 2 fully saturated rings. The predicted octanol–water partition coefficient (Wildman–Crippen LogP) is 13.7. The highest BCUT2D eigenvalue weighted by Gasteiger charge is 2.50. The molecule has 334 valence electrons. The molecule has 2 unspecified atom stereocenters. The second-order valence-electron chi connectivity index (χ2n) is 19.7. The van der Waals surface area contributed by atoms with E-state index in [2.05, 4.69) is 71.9 Å². The van der Waals surface area contributed by atoms with Crippen molar-refractivity contribution in [2.45, 2.75) is 127 Å². The number of carbonyl (C=O) groups excluding carboxylic acids is 1. The molecule has 9 rings (SSSR count). The number of anilines is 1.